The number of carbonyl (C=O) groups is 2. The number of carbonyl (C=O) groups excluding carboxylic acids is 2. The van der Waals surface area contributed by atoms with Crippen molar-refractivity contribution in [1.29, 1.82) is 0 Å². The van der Waals surface area contributed by atoms with Gasteiger partial charge in [0.2, 0.25) is 0 Å². The molecule has 0 aromatic rings. The van der Waals surface area contributed by atoms with Crippen LogP contribution in [0.4, 0.5) is 9.59 Å². The maximum absolute atomic E-state index is 11.4. The molecule has 0 bridgehead atoms. The van der Waals surface area contributed by atoms with Crippen LogP contribution < -0.4 is 87.3 Å². The molecule has 0 aliphatic carbocycles. The van der Waals surface area contributed by atoms with E-state index in [1.54, 1.807) is 4.90 Å². The van der Waals surface area contributed by atoms with Gasteiger partial charge in [0.25, 0.3) is 0 Å². The molecule has 0 aromatic heterocycles. The molecule has 0 atom stereocenters. The second kappa shape index (κ2) is 43.1. The summed E-state index contributed by atoms with van der Waals surface area (Å²) < 4.78 is 23.0. The maximum atomic E-state index is 11.4. The molecule has 2 aliphatic rings. The van der Waals surface area contributed by atoms with Crippen molar-refractivity contribution in [3.63, 3.8) is 0 Å². The van der Waals surface area contributed by atoms with Crippen molar-refractivity contribution in [2.75, 3.05) is 91.5 Å². The molecular weight excluding hydrogens is 737 g/mol. The van der Waals surface area contributed by atoms with E-state index >= 15 is 0 Å². The predicted molar refractivity (Wildman–Crippen MR) is 191 cm³/mol. The van der Waals surface area contributed by atoms with E-state index in [1.165, 1.54) is 12.8 Å². The average Bonchev–Trinajstić information content (AvgIpc) is 3.64. The van der Waals surface area contributed by atoms with Gasteiger partial charge < -0.3 is 60.8 Å². The number of unbranched alkanes of at least 4 members (excludes halogenated alkanes) is 3. The number of nitrogens with one attached hydrogen (secondary N) is 2. The average molecular weight is 804 g/mol. The molecule has 2 rings (SSSR count). The summed E-state index contributed by atoms with van der Waals surface area (Å²) in [5.41, 5.74) is 0. The van der Waals surface area contributed by atoms with Gasteiger partial charge in [-0.05, 0) is 71.5 Å². The van der Waals surface area contributed by atoms with Gasteiger partial charge in [-0.2, -0.15) is 19.7 Å². The van der Waals surface area contributed by atoms with Gasteiger partial charge >= 0.3 is 88.3 Å². The third-order valence-corrected chi connectivity index (χ3v) is 13.2. The van der Waals surface area contributed by atoms with Crippen LogP contribution in [0.25, 0.3) is 0 Å². The van der Waals surface area contributed by atoms with Crippen LogP contribution in [0.5, 0.6) is 0 Å². The van der Waals surface area contributed by atoms with E-state index in [0.29, 0.717) is 12.4 Å². The van der Waals surface area contributed by atoms with Crippen molar-refractivity contribution in [3.8, 4) is 0 Å². The summed E-state index contributed by atoms with van der Waals surface area (Å²) in [6.45, 7) is 20.2. The van der Waals surface area contributed by atoms with Crippen molar-refractivity contribution in [2.45, 2.75) is 85.0 Å². The molecule has 0 radical (unpaired) electrons. The van der Waals surface area contributed by atoms with Gasteiger partial charge in [0.1, 0.15) is 0 Å². The van der Waals surface area contributed by atoms with Crippen LogP contribution in [0, 0.1) is 0 Å². The fourth-order valence-electron chi connectivity index (χ4n) is 4.65. The first-order chi connectivity index (χ1) is 21.6. The Kier molecular flexibility index (Phi) is 55.4. The molecule has 280 valence electrons. The SMILES string of the molecule is CCO[Si](C)(CCCCCCN1CCNC1=O)OCC.CCO[Si](C)(CCCS)OCC.CO.C[O-].O=C1NCCN1CCCl.[Cl-].[Na+].[Na+]. The van der Waals surface area contributed by atoms with Crippen LogP contribution in [0.3, 0.4) is 0 Å². The third kappa shape index (κ3) is 33.5. The Balaban J connectivity index is -0.000000136. The summed E-state index contributed by atoms with van der Waals surface area (Å²) in [7, 11) is -1.99. The van der Waals surface area contributed by atoms with Crippen LogP contribution in [-0.4, -0.2) is 136 Å². The first kappa shape index (κ1) is 61.7. The number of aliphatic hydroxyl groups is 1. The quantitative estimate of drug-likeness (QED) is 0.0415. The standard InChI is InChI=1S/C14H30N2O3Si.C8H20O2SSi.C5H9ClN2O.CH4O.CH3O.ClH.2Na/c1-4-18-20(3,19-5-2)13-9-7-6-8-11-16-12-10-15-14(16)17;1-4-9-12(3,10-5-2)8-6-7-11;6-1-3-8-4-2-7-5(8)9;2*1-2;;;/h4-13H2,1-3H3,(H,15,17);11H,4-8H2,1-3H3;1-4H2,(H,7,9);2H,1H3;1H3;1H;;/q;;;;-1;;2*+1/p-1. The minimum atomic E-state index is -1.92. The molecule has 0 spiro atoms. The smallest absolute Gasteiger partial charge is 1.00 e. The number of halogens is 2. The molecule has 12 nitrogen and oxygen atoms in total. The number of aliphatic hydroxyl groups excluding tert-OH is 1. The molecule has 2 saturated heterocycles. The molecule has 0 unspecified atom stereocenters. The van der Waals surface area contributed by atoms with Crippen molar-refractivity contribution in [1.82, 2.24) is 20.4 Å². The topological polar surface area (TPSA) is 145 Å². The van der Waals surface area contributed by atoms with Gasteiger partial charge in [-0.3, -0.25) is 0 Å². The number of urea groups is 2. The second-order valence-electron chi connectivity index (χ2n) is 10.1. The van der Waals surface area contributed by atoms with Crippen molar-refractivity contribution < 1.29 is 109 Å². The number of rotatable bonds is 20. The molecular formula is C29H66Cl2N4Na2O8SSi2. The van der Waals surface area contributed by atoms with Crippen LogP contribution in [0.1, 0.15) is 59.8 Å². The van der Waals surface area contributed by atoms with Crippen molar-refractivity contribution in [2.24, 2.45) is 0 Å². The fraction of sp³-hybridized carbons (Fsp3) is 0.931. The van der Waals surface area contributed by atoms with Crippen LogP contribution >= 0.6 is 24.2 Å². The molecule has 0 saturated carbocycles. The zero-order valence-electron chi connectivity index (χ0n) is 31.8. The van der Waals surface area contributed by atoms with Crippen LogP contribution in [0.15, 0.2) is 0 Å². The largest absolute Gasteiger partial charge is 1.00 e. The van der Waals surface area contributed by atoms with Gasteiger partial charge in [-0.15, -0.1) is 11.6 Å². The number of nitrogens with zero attached hydrogens (tertiary/aromatic N) is 2. The molecule has 2 aliphatic heterocycles. The fourth-order valence-corrected chi connectivity index (χ4v) is 10.2. The summed E-state index contributed by atoms with van der Waals surface area (Å²) in [5.74, 6) is 1.44. The van der Waals surface area contributed by atoms with Crippen molar-refractivity contribution in [3.05, 3.63) is 0 Å². The first-order valence-corrected chi connectivity index (χ1v) is 22.5. The van der Waals surface area contributed by atoms with E-state index < -0.39 is 17.1 Å². The zero-order chi connectivity index (χ0) is 35.0. The van der Waals surface area contributed by atoms with E-state index in [0.717, 1.165) is 110 Å². The molecule has 2 heterocycles. The molecule has 4 amide bonds. The normalized spacial score (nSPS) is 13.2. The van der Waals surface area contributed by atoms with Crippen LogP contribution in [-0.2, 0) is 17.7 Å². The zero-order valence-corrected chi connectivity index (χ0v) is 40.2. The molecule has 19 heteroatoms. The Morgan fingerprint density at radius 2 is 1.08 bits per heavy atom. The molecule has 2 fully saturated rings. The van der Waals surface area contributed by atoms with Gasteiger partial charge in [-0.25, -0.2) is 9.59 Å². The summed E-state index contributed by atoms with van der Waals surface area (Å²) in [5, 5.41) is 20.8. The summed E-state index contributed by atoms with van der Waals surface area (Å²) >= 11 is 9.61. The third-order valence-electron chi connectivity index (χ3n) is 6.64. The second-order valence-corrected chi connectivity index (χ2v) is 17.6. The Labute approximate surface area is 356 Å². The number of hydrogen-bond donors (Lipinski definition) is 4. The Hall–Kier alpha value is 1.66. The van der Waals surface area contributed by atoms with E-state index in [9.17, 15) is 9.59 Å². The van der Waals surface area contributed by atoms with Crippen LogP contribution in [0.2, 0.25) is 25.2 Å². The number of hydrogen-bond acceptors (Lipinski definition) is 9. The minimum Gasteiger partial charge on any atom is -1.00 e. The predicted octanol–water partition coefficient (Wildman–Crippen LogP) is -4.98. The molecule has 0 aromatic carbocycles. The summed E-state index contributed by atoms with van der Waals surface area (Å²) in [4.78, 5) is 25.7. The molecule has 3 N–H and O–H groups in total. The van der Waals surface area contributed by atoms with E-state index in [2.05, 4.69) is 36.4 Å². The van der Waals surface area contributed by atoms with E-state index in [-0.39, 0.29) is 83.6 Å². The number of thiol groups is 1. The first-order valence-electron chi connectivity index (χ1n) is 16.3. The molecule has 48 heavy (non-hydrogen) atoms. The van der Waals surface area contributed by atoms with Gasteiger partial charge in [0, 0.05) is 78.7 Å². The van der Waals surface area contributed by atoms with Crippen molar-refractivity contribution >= 4 is 53.4 Å². The Morgan fingerprint density at radius 3 is 1.40 bits per heavy atom. The number of amides is 4. The summed E-state index contributed by atoms with van der Waals surface area (Å²) in [6.07, 6.45) is 5.71. The van der Waals surface area contributed by atoms with Gasteiger partial charge in [-0.1, -0.05) is 19.3 Å². The van der Waals surface area contributed by atoms with Gasteiger partial charge in [0.05, 0.1) is 0 Å². The van der Waals surface area contributed by atoms with E-state index in [4.69, 9.17) is 39.5 Å². The van der Waals surface area contributed by atoms with E-state index in [1.807, 2.05) is 32.6 Å². The Bertz CT molecular complexity index is 701. The number of alkyl halides is 1. The maximum Gasteiger partial charge on any atom is 1.00 e. The van der Waals surface area contributed by atoms with Gasteiger partial charge in [0.15, 0.2) is 0 Å². The monoisotopic (exact) mass is 802 g/mol. The summed E-state index contributed by atoms with van der Waals surface area (Å²) in [6, 6.07) is 2.23. The minimum absolute atomic E-state index is 0. The Morgan fingerprint density at radius 1 is 0.729 bits per heavy atom.